The second-order valence-corrected chi connectivity index (χ2v) is 5.49. The van der Waals surface area contributed by atoms with Gasteiger partial charge in [-0.25, -0.2) is 4.39 Å². The van der Waals surface area contributed by atoms with Gasteiger partial charge >= 0.3 is 0 Å². The van der Waals surface area contributed by atoms with Crippen molar-refractivity contribution in [2.24, 2.45) is 0 Å². The molecule has 0 aromatic heterocycles. The number of hydrogen-bond donors (Lipinski definition) is 1. The fourth-order valence-electron chi connectivity index (χ4n) is 2.57. The fraction of sp³-hybridized carbons (Fsp3) is 0.600. The van der Waals surface area contributed by atoms with Crippen molar-refractivity contribution in [2.45, 2.75) is 51.4 Å². The summed E-state index contributed by atoms with van der Waals surface area (Å²) >= 11 is 5.98. The van der Waals surface area contributed by atoms with Crippen molar-refractivity contribution in [2.75, 3.05) is 6.54 Å². The molecule has 0 spiro atoms. The third-order valence-electron chi connectivity index (χ3n) is 3.66. The Labute approximate surface area is 119 Å². The lowest BCUT2D eigenvalue weighted by molar-refractivity contribution is 0.0115. The Balaban J connectivity index is 1.77. The highest BCUT2D eigenvalue weighted by Crippen LogP contribution is 2.24. The van der Waals surface area contributed by atoms with Crippen LogP contribution < -0.4 is 5.32 Å². The fourth-order valence-corrected chi connectivity index (χ4v) is 2.79. The number of benzene rings is 1. The largest absolute Gasteiger partial charge is 0.373 e. The molecular formula is C15H21ClFNO. The molecule has 0 heterocycles. The van der Waals surface area contributed by atoms with Gasteiger partial charge in [0.15, 0.2) is 0 Å². The van der Waals surface area contributed by atoms with Gasteiger partial charge < -0.3 is 10.1 Å². The zero-order chi connectivity index (χ0) is 13.7. The van der Waals surface area contributed by atoms with E-state index in [0.717, 1.165) is 37.8 Å². The summed E-state index contributed by atoms with van der Waals surface area (Å²) in [6.45, 7) is 3.64. The maximum atomic E-state index is 12.9. The normalized spacial score (nSPS) is 23.5. The lowest BCUT2D eigenvalue weighted by atomic mass is 9.93. The van der Waals surface area contributed by atoms with Gasteiger partial charge in [0.2, 0.25) is 0 Å². The van der Waals surface area contributed by atoms with E-state index in [1.807, 2.05) is 0 Å². The molecule has 1 fully saturated rings. The molecule has 1 saturated carbocycles. The summed E-state index contributed by atoms with van der Waals surface area (Å²) in [6, 6.07) is 5.09. The van der Waals surface area contributed by atoms with E-state index < -0.39 is 0 Å². The summed E-state index contributed by atoms with van der Waals surface area (Å²) in [4.78, 5) is 0. The van der Waals surface area contributed by atoms with Crippen molar-refractivity contribution in [3.05, 3.63) is 34.6 Å². The predicted octanol–water partition coefficient (Wildman–Crippen LogP) is 3.92. The number of nitrogens with one attached hydrogen (secondary N) is 1. The van der Waals surface area contributed by atoms with Crippen LogP contribution in [0, 0.1) is 5.82 Å². The van der Waals surface area contributed by atoms with E-state index in [0.29, 0.717) is 23.8 Å². The van der Waals surface area contributed by atoms with E-state index in [1.165, 1.54) is 12.1 Å². The highest BCUT2D eigenvalue weighted by Gasteiger charge is 2.21. The molecular weight excluding hydrogens is 265 g/mol. The molecule has 2 nitrogen and oxygen atoms in total. The SMILES string of the molecule is CCNC1CCC(OCc2ccc(F)cc2Cl)CC1. The monoisotopic (exact) mass is 285 g/mol. The molecule has 106 valence electrons. The van der Waals surface area contributed by atoms with Crippen LogP contribution >= 0.6 is 11.6 Å². The Hall–Kier alpha value is -0.640. The van der Waals surface area contributed by atoms with Gasteiger partial charge in [-0.15, -0.1) is 0 Å². The number of rotatable bonds is 5. The third kappa shape index (κ3) is 4.44. The minimum Gasteiger partial charge on any atom is -0.373 e. The van der Waals surface area contributed by atoms with Crippen LogP contribution in [-0.4, -0.2) is 18.7 Å². The molecule has 0 unspecified atom stereocenters. The molecule has 0 radical (unpaired) electrons. The minimum atomic E-state index is -0.306. The van der Waals surface area contributed by atoms with Gasteiger partial charge in [0.25, 0.3) is 0 Å². The topological polar surface area (TPSA) is 21.3 Å². The van der Waals surface area contributed by atoms with Crippen molar-refractivity contribution < 1.29 is 9.13 Å². The van der Waals surface area contributed by atoms with Gasteiger partial charge in [-0.1, -0.05) is 24.6 Å². The predicted molar refractivity (Wildman–Crippen MR) is 75.9 cm³/mol. The molecule has 0 aliphatic heterocycles. The average molecular weight is 286 g/mol. The van der Waals surface area contributed by atoms with E-state index in [9.17, 15) is 4.39 Å². The Morgan fingerprint density at radius 3 is 2.68 bits per heavy atom. The summed E-state index contributed by atoms with van der Waals surface area (Å²) in [6.07, 6.45) is 4.79. The van der Waals surface area contributed by atoms with E-state index >= 15 is 0 Å². The Kier molecular flexibility index (Phi) is 5.61. The molecule has 2 rings (SSSR count). The lowest BCUT2D eigenvalue weighted by Gasteiger charge is -2.29. The van der Waals surface area contributed by atoms with Crippen LogP contribution in [0.5, 0.6) is 0 Å². The van der Waals surface area contributed by atoms with Gasteiger partial charge in [-0.2, -0.15) is 0 Å². The van der Waals surface area contributed by atoms with Crippen molar-refractivity contribution in [3.63, 3.8) is 0 Å². The smallest absolute Gasteiger partial charge is 0.124 e. The Morgan fingerprint density at radius 2 is 2.05 bits per heavy atom. The van der Waals surface area contributed by atoms with E-state index in [2.05, 4.69) is 12.2 Å². The molecule has 19 heavy (non-hydrogen) atoms. The second kappa shape index (κ2) is 7.22. The third-order valence-corrected chi connectivity index (χ3v) is 4.01. The minimum absolute atomic E-state index is 0.302. The molecule has 0 bridgehead atoms. The highest BCUT2D eigenvalue weighted by molar-refractivity contribution is 6.31. The summed E-state index contributed by atoms with van der Waals surface area (Å²) in [5, 5.41) is 3.92. The van der Waals surface area contributed by atoms with Crippen molar-refractivity contribution >= 4 is 11.6 Å². The second-order valence-electron chi connectivity index (χ2n) is 5.08. The molecule has 0 atom stereocenters. The number of ether oxygens (including phenoxy) is 1. The maximum absolute atomic E-state index is 12.9. The van der Waals surface area contributed by atoms with Crippen LogP contribution in [0.2, 0.25) is 5.02 Å². The van der Waals surface area contributed by atoms with Crippen LogP contribution in [0.4, 0.5) is 4.39 Å². The number of halogens is 2. The maximum Gasteiger partial charge on any atom is 0.124 e. The molecule has 1 aromatic rings. The zero-order valence-corrected chi connectivity index (χ0v) is 12.0. The van der Waals surface area contributed by atoms with Crippen molar-refractivity contribution in [3.8, 4) is 0 Å². The first-order valence-electron chi connectivity index (χ1n) is 6.98. The standard InChI is InChI=1S/C15H21ClFNO/c1-2-18-13-5-7-14(8-6-13)19-10-11-3-4-12(17)9-15(11)16/h3-4,9,13-14,18H,2,5-8,10H2,1H3. The first-order valence-corrected chi connectivity index (χ1v) is 7.35. The van der Waals surface area contributed by atoms with Crippen LogP contribution in [0.3, 0.4) is 0 Å². The highest BCUT2D eigenvalue weighted by atomic mass is 35.5. The molecule has 0 saturated heterocycles. The van der Waals surface area contributed by atoms with Crippen molar-refractivity contribution in [1.82, 2.24) is 5.32 Å². The van der Waals surface area contributed by atoms with Crippen molar-refractivity contribution in [1.29, 1.82) is 0 Å². The molecule has 4 heteroatoms. The summed E-state index contributed by atoms with van der Waals surface area (Å²) < 4.78 is 18.8. The van der Waals surface area contributed by atoms with E-state index in [-0.39, 0.29) is 5.82 Å². The first kappa shape index (κ1) is 14.8. The van der Waals surface area contributed by atoms with Gasteiger partial charge in [0.1, 0.15) is 5.82 Å². The number of hydrogen-bond acceptors (Lipinski definition) is 2. The van der Waals surface area contributed by atoms with Crippen LogP contribution in [0.1, 0.15) is 38.2 Å². The molecule has 1 aliphatic carbocycles. The van der Waals surface area contributed by atoms with Gasteiger partial charge in [0, 0.05) is 11.1 Å². The van der Waals surface area contributed by atoms with Crippen LogP contribution in [-0.2, 0) is 11.3 Å². The average Bonchev–Trinajstić information content (AvgIpc) is 2.40. The first-order chi connectivity index (χ1) is 9.19. The molecule has 0 amide bonds. The molecule has 1 aliphatic rings. The van der Waals surface area contributed by atoms with E-state index in [1.54, 1.807) is 6.07 Å². The molecule has 1 N–H and O–H groups in total. The summed E-state index contributed by atoms with van der Waals surface area (Å²) in [7, 11) is 0. The Morgan fingerprint density at radius 1 is 1.32 bits per heavy atom. The summed E-state index contributed by atoms with van der Waals surface area (Å²) in [5.41, 5.74) is 0.858. The quantitative estimate of drug-likeness (QED) is 0.885. The van der Waals surface area contributed by atoms with Gasteiger partial charge in [-0.05, 0) is 49.9 Å². The molecule has 1 aromatic carbocycles. The van der Waals surface area contributed by atoms with Crippen LogP contribution in [0.15, 0.2) is 18.2 Å². The van der Waals surface area contributed by atoms with Gasteiger partial charge in [0.05, 0.1) is 12.7 Å². The zero-order valence-electron chi connectivity index (χ0n) is 11.3. The summed E-state index contributed by atoms with van der Waals surface area (Å²) in [5.74, 6) is -0.306. The van der Waals surface area contributed by atoms with Gasteiger partial charge in [-0.3, -0.25) is 0 Å². The Bertz CT molecular complexity index is 405. The lowest BCUT2D eigenvalue weighted by Crippen LogP contribution is -2.35. The van der Waals surface area contributed by atoms with Crippen LogP contribution in [0.25, 0.3) is 0 Å². The van der Waals surface area contributed by atoms with E-state index in [4.69, 9.17) is 16.3 Å².